The van der Waals surface area contributed by atoms with E-state index in [9.17, 15) is 0 Å². The fraction of sp³-hybridized carbons (Fsp3) is 0.900. The summed E-state index contributed by atoms with van der Waals surface area (Å²) in [5.74, 6) is 0. The predicted molar refractivity (Wildman–Crippen MR) is 54.2 cm³/mol. The van der Waals surface area contributed by atoms with E-state index in [1.807, 2.05) is 0 Å². The Labute approximate surface area is 84.4 Å². The topological polar surface area (TPSA) is 56.8 Å². The van der Waals surface area contributed by atoms with E-state index in [0.717, 1.165) is 25.0 Å². The number of hydrogen-bond acceptors (Lipinski definition) is 4. The molecule has 1 heterocycles. The monoisotopic (exact) mass is 198 g/mol. The average Bonchev–Trinajstić information content (AvgIpc) is 2.87. The molecule has 1 aliphatic heterocycles. The maximum absolute atomic E-state index is 5.62. The van der Waals surface area contributed by atoms with Crippen LogP contribution in [-0.4, -0.2) is 31.1 Å². The molecule has 0 aromatic carbocycles. The van der Waals surface area contributed by atoms with Crippen LogP contribution in [0.5, 0.6) is 0 Å². The molecule has 0 spiro atoms. The van der Waals surface area contributed by atoms with Gasteiger partial charge in [0.2, 0.25) is 0 Å². The lowest BCUT2D eigenvalue weighted by Gasteiger charge is -2.26. The Bertz CT molecular complexity index is 234. The van der Waals surface area contributed by atoms with Gasteiger partial charge < -0.3 is 15.3 Å². The summed E-state index contributed by atoms with van der Waals surface area (Å²) in [4.78, 5) is 5.24. The van der Waals surface area contributed by atoms with Gasteiger partial charge in [-0.25, -0.2) is 0 Å². The molecule has 1 saturated carbocycles. The van der Waals surface area contributed by atoms with Crippen LogP contribution in [0.4, 0.5) is 0 Å². The van der Waals surface area contributed by atoms with Crippen molar-refractivity contribution in [3.05, 3.63) is 0 Å². The summed E-state index contributed by atoms with van der Waals surface area (Å²) < 4.78 is 5.62. The van der Waals surface area contributed by atoms with Crippen molar-refractivity contribution in [2.75, 3.05) is 13.7 Å². The lowest BCUT2D eigenvalue weighted by molar-refractivity contribution is 0.0540. The van der Waals surface area contributed by atoms with E-state index < -0.39 is 0 Å². The molecule has 1 atom stereocenters. The van der Waals surface area contributed by atoms with Crippen molar-refractivity contribution in [2.45, 2.75) is 43.8 Å². The highest BCUT2D eigenvalue weighted by Gasteiger charge is 2.42. The van der Waals surface area contributed by atoms with Gasteiger partial charge in [0.1, 0.15) is 11.7 Å². The first-order chi connectivity index (χ1) is 6.80. The van der Waals surface area contributed by atoms with Crippen LogP contribution in [0, 0.1) is 0 Å². The Hall–Kier alpha value is -0.610. The molecule has 0 saturated heterocycles. The number of hydrogen-bond donors (Lipinski definition) is 1. The Balaban J connectivity index is 2.06. The highest BCUT2D eigenvalue weighted by atomic mass is 16.6. The number of oxime groups is 1. The molecule has 4 heteroatoms. The van der Waals surface area contributed by atoms with Gasteiger partial charge in [-0.2, -0.15) is 0 Å². The molecule has 14 heavy (non-hydrogen) atoms. The van der Waals surface area contributed by atoms with Gasteiger partial charge in [0.25, 0.3) is 0 Å². The summed E-state index contributed by atoms with van der Waals surface area (Å²) >= 11 is 0. The Morgan fingerprint density at radius 1 is 1.57 bits per heavy atom. The molecular weight excluding hydrogens is 180 g/mol. The molecule has 80 valence electrons. The van der Waals surface area contributed by atoms with Crippen LogP contribution in [0.2, 0.25) is 0 Å². The summed E-state index contributed by atoms with van der Waals surface area (Å²) in [5.41, 5.74) is 6.47. The van der Waals surface area contributed by atoms with E-state index in [4.69, 9.17) is 15.3 Å². The van der Waals surface area contributed by atoms with Gasteiger partial charge in [-0.15, -0.1) is 0 Å². The predicted octanol–water partition coefficient (Wildman–Crippen LogP) is 1.05. The minimum Gasteiger partial charge on any atom is -0.391 e. The summed E-state index contributed by atoms with van der Waals surface area (Å²) in [6.07, 6.45) is 5.49. The molecule has 1 aliphatic carbocycles. The summed E-state index contributed by atoms with van der Waals surface area (Å²) in [6.45, 7) is 0.535. The van der Waals surface area contributed by atoms with Gasteiger partial charge in [0.15, 0.2) is 0 Å². The second-order valence-corrected chi connectivity index (χ2v) is 4.11. The second kappa shape index (κ2) is 3.87. The van der Waals surface area contributed by atoms with Gasteiger partial charge in [-0.05, 0) is 12.8 Å². The van der Waals surface area contributed by atoms with Gasteiger partial charge >= 0.3 is 0 Å². The normalized spacial score (nSPS) is 30.1. The highest BCUT2D eigenvalue weighted by Crippen LogP contribution is 2.37. The van der Waals surface area contributed by atoms with E-state index in [1.165, 1.54) is 12.8 Å². The van der Waals surface area contributed by atoms with Gasteiger partial charge in [0, 0.05) is 20.1 Å². The fourth-order valence-electron chi connectivity index (χ4n) is 2.38. The molecule has 0 radical (unpaired) electrons. The summed E-state index contributed by atoms with van der Waals surface area (Å²) in [7, 11) is 1.77. The first kappa shape index (κ1) is 9.93. The number of methoxy groups -OCH3 is 1. The molecule has 1 unspecified atom stereocenters. The smallest absolute Gasteiger partial charge is 0.145 e. The minimum atomic E-state index is -0.135. The van der Waals surface area contributed by atoms with Crippen molar-refractivity contribution in [1.29, 1.82) is 0 Å². The molecule has 2 aliphatic rings. The Morgan fingerprint density at radius 3 is 2.79 bits per heavy atom. The lowest BCUT2D eigenvalue weighted by Crippen LogP contribution is -2.38. The maximum Gasteiger partial charge on any atom is 0.145 e. The zero-order chi connectivity index (χ0) is 10.0. The van der Waals surface area contributed by atoms with Gasteiger partial charge in [-0.1, -0.05) is 18.0 Å². The van der Waals surface area contributed by atoms with Crippen molar-refractivity contribution in [3.63, 3.8) is 0 Å². The van der Waals surface area contributed by atoms with E-state index in [-0.39, 0.29) is 11.7 Å². The van der Waals surface area contributed by atoms with Crippen LogP contribution < -0.4 is 5.73 Å². The first-order valence-corrected chi connectivity index (χ1v) is 5.29. The fourth-order valence-corrected chi connectivity index (χ4v) is 2.38. The van der Waals surface area contributed by atoms with Crippen LogP contribution in [0.15, 0.2) is 5.16 Å². The van der Waals surface area contributed by atoms with Crippen molar-refractivity contribution >= 4 is 5.71 Å². The number of ether oxygens (including phenoxy) is 1. The molecule has 1 fully saturated rings. The molecule has 4 nitrogen and oxygen atoms in total. The number of nitrogens with two attached hydrogens (primary N) is 1. The number of rotatable bonds is 3. The Kier molecular flexibility index (Phi) is 2.74. The van der Waals surface area contributed by atoms with Crippen LogP contribution in [0.25, 0.3) is 0 Å². The van der Waals surface area contributed by atoms with Crippen LogP contribution in [0.1, 0.15) is 32.1 Å². The zero-order valence-corrected chi connectivity index (χ0v) is 8.66. The highest BCUT2D eigenvalue weighted by molar-refractivity contribution is 5.93. The van der Waals surface area contributed by atoms with Crippen molar-refractivity contribution in [3.8, 4) is 0 Å². The molecule has 2 N–H and O–H groups in total. The van der Waals surface area contributed by atoms with Gasteiger partial charge in [-0.3, -0.25) is 0 Å². The standard InChI is InChI=1S/C10H18N2O2/c1-13-10(4-2-3-5-10)9-6-8(7-11)14-12-9/h8H,2-7,11H2,1H3. The third-order valence-corrected chi connectivity index (χ3v) is 3.32. The summed E-state index contributed by atoms with van der Waals surface area (Å²) in [6, 6.07) is 0. The van der Waals surface area contributed by atoms with Crippen molar-refractivity contribution in [1.82, 2.24) is 0 Å². The zero-order valence-electron chi connectivity index (χ0n) is 8.66. The third-order valence-electron chi connectivity index (χ3n) is 3.32. The van der Waals surface area contributed by atoms with Crippen molar-refractivity contribution < 1.29 is 9.57 Å². The largest absolute Gasteiger partial charge is 0.391 e. The van der Waals surface area contributed by atoms with Crippen LogP contribution in [-0.2, 0) is 9.57 Å². The second-order valence-electron chi connectivity index (χ2n) is 4.11. The van der Waals surface area contributed by atoms with Gasteiger partial charge in [0.05, 0.1) is 5.71 Å². The SMILES string of the molecule is COC1(C2=NOC(CN)C2)CCCC1. The third kappa shape index (κ3) is 1.53. The maximum atomic E-state index is 5.62. The van der Waals surface area contributed by atoms with Crippen molar-refractivity contribution in [2.24, 2.45) is 10.9 Å². The number of nitrogens with zero attached hydrogens (tertiary/aromatic N) is 1. The van der Waals surface area contributed by atoms with E-state index in [0.29, 0.717) is 6.54 Å². The van der Waals surface area contributed by atoms with E-state index in [1.54, 1.807) is 7.11 Å². The average molecular weight is 198 g/mol. The summed E-state index contributed by atoms with van der Waals surface area (Å²) in [5, 5.41) is 4.12. The van der Waals surface area contributed by atoms with E-state index >= 15 is 0 Å². The molecule has 2 rings (SSSR count). The van der Waals surface area contributed by atoms with Crippen LogP contribution in [0.3, 0.4) is 0 Å². The quantitative estimate of drug-likeness (QED) is 0.737. The molecular formula is C10H18N2O2. The molecule has 0 amide bonds. The lowest BCUT2D eigenvalue weighted by atomic mass is 9.92. The molecule has 0 aromatic heterocycles. The molecule has 0 aromatic rings. The van der Waals surface area contributed by atoms with Crippen LogP contribution >= 0.6 is 0 Å². The Morgan fingerprint density at radius 2 is 2.29 bits per heavy atom. The molecule has 0 bridgehead atoms. The van der Waals surface area contributed by atoms with E-state index in [2.05, 4.69) is 5.16 Å². The minimum absolute atomic E-state index is 0.0672. The first-order valence-electron chi connectivity index (χ1n) is 5.29.